The van der Waals surface area contributed by atoms with Crippen LogP contribution in [0.3, 0.4) is 0 Å². The number of para-hydroxylation sites is 1. The minimum absolute atomic E-state index is 0.0577. The van der Waals surface area contributed by atoms with Crippen molar-refractivity contribution >= 4 is 40.5 Å². The van der Waals surface area contributed by atoms with Crippen molar-refractivity contribution in [2.45, 2.75) is 56.8 Å². The normalized spacial score (nSPS) is 19.3. The summed E-state index contributed by atoms with van der Waals surface area (Å²) in [5.74, 6) is -2.27. The number of unbranched alkanes of at least 4 members (excludes halogenated alkanes) is 1. The molecule has 15 heteroatoms. The quantitative estimate of drug-likeness (QED) is 0.0686. The maximum Gasteiger partial charge on any atom is 0.411 e. The Labute approximate surface area is 338 Å². The number of nitrogens with one attached hydrogen (secondary N) is 2. The van der Waals surface area contributed by atoms with Crippen LogP contribution in [0.5, 0.6) is 11.5 Å². The first-order chi connectivity index (χ1) is 28.5. The number of anilines is 1. The number of hydrogen-bond donors (Lipinski definition) is 5. The fourth-order valence-electron chi connectivity index (χ4n) is 8.24. The van der Waals surface area contributed by atoms with Crippen molar-refractivity contribution in [3.8, 4) is 33.9 Å². The monoisotopic (exact) mass is 807 g/mol. The summed E-state index contributed by atoms with van der Waals surface area (Å²) in [7, 11) is 1.53. The van der Waals surface area contributed by atoms with Crippen molar-refractivity contribution in [3.05, 3.63) is 100 Å². The first kappa shape index (κ1) is 40.7. The number of methoxy groups -OCH3 is 1. The van der Waals surface area contributed by atoms with Gasteiger partial charge in [-0.25, -0.2) is 9.59 Å². The average molecular weight is 808 g/mol. The van der Waals surface area contributed by atoms with Gasteiger partial charge in [0.2, 0.25) is 11.8 Å². The summed E-state index contributed by atoms with van der Waals surface area (Å²) in [5, 5.41) is 37.9. The van der Waals surface area contributed by atoms with Gasteiger partial charge in [0.25, 0.3) is 0 Å². The standard InChI is InChI=1S/C44H45N3O12/c1-3-4-9-37(50)47(17-19-56-2)33-23-32(39-28-7-5-6-8-34(28)59-41(39)40(33)51)42(52)45-16-18-57-44(55)46-24-10-13-27(31(20-24)43(53)54)38-29-14-11-25(48)21-35(29)58-36-22-26(49)12-15-30(36)38/h5-8,10-15,20-22,32-33,39-41,48,51H,3-4,9,16-19,23H2,1-2H3,(H,45,52)(H,46,55)(H,53,54)/t32?,33-,39+,40+,41+/m1/s1. The molecule has 4 aliphatic rings. The first-order valence-electron chi connectivity index (χ1n) is 19.5. The fourth-order valence-corrected chi connectivity index (χ4v) is 8.24. The number of fused-ring (bicyclic) bond motifs is 5. The van der Waals surface area contributed by atoms with Gasteiger partial charge in [-0.3, -0.25) is 19.7 Å². The molecule has 3 amide bonds. The highest BCUT2D eigenvalue weighted by Crippen LogP contribution is 2.49. The number of amides is 3. The lowest BCUT2D eigenvalue weighted by Gasteiger charge is -2.45. The first-order valence-corrected chi connectivity index (χ1v) is 19.5. The van der Waals surface area contributed by atoms with E-state index in [1.807, 2.05) is 25.1 Å². The number of ether oxygens (including phenoxy) is 3. The number of nitrogens with zero attached hydrogens (tertiary/aromatic N) is 1. The number of phenols is 1. The zero-order valence-electron chi connectivity index (χ0n) is 32.5. The number of phenolic OH excluding ortho intramolecular Hbond substituents is 1. The molecule has 5 N–H and O–H groups in total. The minimum Gasteiger partial charge on any atom is -0.508 e. The smallest absolute Gasteiger partial charge is 0.411 e. The van der Waals surface area contributed by atoms with Crippen LogP contribution in [0, 0.1) is 5.92 Å². The molecule has 2 aliphatic carbocycles. The van der Waals surface area contributed by atoms with Crippen LogP contribution in [0.25, 0.3) is 33.4 Å². The van der Waals surface area contributed by atoms with Crippen LogP contribution >= 0.6 is 0 Å². The average Bonchev–Trinajstić information content (AvgIpc) is 3.61. The molecule has 59 heavy (non-hydrogen) atoms. The molecule has 2 heterocycles. The highest BCUT2D eigenvalue weighted by atomic mass is 16.5. The third kappa shape index (κ3) is 8.43. The fraction of sp³-hybridized carbons (Fsp3) is 0.341. The Hall–Kier alpha value is -6.45. The number of carboxylic acids is 1. The van der Waals surface area contributed by atoms with Gasteiger partial charge in [-0.15, -0.1) is 0 Å². The second kappa shape index (κ2) is 17.6. The molecule has 3 aromatic rings. The Morgan fingerprint density at radius 3 is 2.54 bits per heavy atom. The Kier molecular flexibility index (Phi) is 12.1. The number of carbonyl (C=O) groups excluding carboxylic acids is 3. The Morgan fingerprint density at radius 2 is 1.76 bits per heavy atom. The second-order valence-electron chi connectivity index (χ2n) is 14.7. The van der Waals surface area contributed by atoms with E-state index in [9.17, 15) is 39.3 Å². The molecule has 2 aliphatic heterocycles. The summed E-state index contributed by atoms with van der Waals surface area (Å²) in [4.78, 5) is 66.6. The van der Waals surface area contributed by atoms with Gasteiger partial charge in [0.15, 0.2) is 5.43 Å². The third-order valence-corrected chi connectivity index (χ3v) is 11.0. The molecule has 308 valence electrons. The van der Waals surface area contributed by atoms with Crippen LogP contribution in [-0.2, 0) is 19.1 Å². The van der Waals surface area contributed by atoms with Crippen LogP contribution in [0.1, 0.15) is 54.4 Å². The van der Waals surface area contributed by atoms with Gasteiger partial charge >= 0.3 is 12.1 Å². The van der Waals surface area contributed by atoms with Gasteiger partial charge in [-0.05, 0) is 60.9 Å². The molecule has 15 nitrogen and oxygen atoms in total. The topological polar surface area (TPSA) is 214 Å². The summed E-state index contributed by atoms with van der Waals surface area (Å²) in [5.41, 5.74) is 1.86. The predicted molar refractivity (Wildman–Crippen MR) is 216 cm³/mol. The van der Waals surface area contributed by atoms with E-state index in [1.54, 1.807) is 23.1 Å². The lowest BCUT2D eigenvalue weighted by atomic mass is 9.70. The van der Waals surface area contributed by atoms with Gasteiger partial charge in [-0.2, -0.15) is 0 Å². The molecule has 1 fully saturated rings. The maximum atomic E-state index is 13.9. The van der Waals surface area contributed by atoms with E-state index in [0.717, 1.165) is 12.0 Å². The minimum atomic E-state index is -1.29. The third-order valence-electron chi connectivity index (χ3n) is 11.0. The summed E-state index contributed by atoms with van der Waals surface area (Å²) in [6.45, 7) is 2.20. The zero-order valence-corrected chi connectivity index (χ0v) is 32.5. The number of aromatic carboxylic acids is 1. The Bertz CT molecular complexity index is 2410. The molecular weight excluding hydrogens is 762 g/mol. The van der Waals surface area contributed by atoms with Gasteiger partial charge in [0, 0.05) is 65.9 Å². The second-order valence-corrected chi connectivity index (χ2v) is 14.7. The number of aromatic hydroxyl groups is 1. The zero-order chi connectivity index (χ0) is 41.8. The molecule has 1 unspecified atom stereocenters. The van der Waals surface area contributed by atoms with Crippen molar-refractivity contribution in [1.29, 1.82) is 0 Å². The number of rotatable bonds is 14. The van der Waals surface area contributed by atoms with Crippen molar-refractivity contribution in [3.63, 3.8) is 0 Å². The lowest BCUT2D eigenvalue weighted by Crippen LogP contribution is -2.60. The van der Waals surface area contributed by atoms with Crippen LogP contribution in [0.4, 0.5) is 10.5 Å². The number of carboxylic acid groups (broad SMARTS) is 1. The maximum absolute atomic E-state index is 13.9. The van der Waals surface area contributed by atoms with Crippen LogP contribution in [-0.4, -0.2) is 95.8 Å². The van der Waals surface area contributed by atoms with Crippen LogP contribution in [0.15, 0.2) is 88.1 Å². The van der Waals surface area contributed by atoms with Gasteiger partial charge < -0.3 is 44.2 Å². The van der Waals surface area contributed by atoms with E-state index < -0.39 is 42.1 Å². The summed E-state index contributed by atoms with van der Waals surface area (Å²) in [6.07, 6.45) is -0.767. The highest BCUT2D eigenvalue weighted by molar-refractivity contribution is 6.08. The van der Waals surface area contributed by atoms with Crippen LogP contribution in [0.2, 0.25) is 0 Å². The molecular formula is C44H45N3O12. The SMILES string of the molecule is CCCCC(=O)N(CCOC)[C@@H]1CC(C(=O)NCCOC(=O)Nc2ccc(-c3c4ccc(=O)cc-4oc4cc(O)ccc34)c(C(=O)O)c2)[C@@H]2c3ccccc3O[C@@H]2[C@H]1O. The van der Waals surface area contributed by atoms with E-state index >= 15 is 0 Å². The molecule has 1 saturated carbocycles. The van der Waals surface area contributed by atoms with Gasteiger partial charge in [-0.1, -0.05) is 37.6 Å². The number of aliphatic hydroxyl groups is 1. The van der Waals surface area contributed by atoms with E-state index in [0.29, 0.717) is 35.1 Å². The number of hydrogen-bond acceptors (Lipinski definition) is 11. The van der Waals surface area contributed by atoms with Gasteiger partial charge in [0.05, 0.1) is 30.7 Å². The summed E-state index contributed by atoms with van der Waals surface area (Å²) >= 11 is 0. The molecule has 0 radical (unpaired) electrons. The Morgan fingerprint density at radius 1 is 0.966 bits per heavy atom. The van der Waals surface area contributed by atoms with Crippen molar-refractivity contribution in [2.24, 2.45) is 5.92 Å². The molecule has 0 spiro atoms. The van der Waals surface area contributed by atoms with Gasteiger partial charge in [0.1, 0.15) is 41.7 Å². The molecule has 0 saturated heterocycles. The van der Waals surface area contributed by atoms with Crippen molar-refractivity contribution in [1.82, 2.24) is 10.2 Å². The molecule has 3 aromatic carbocycles. The van der Waals surface area contributed by atoms with Crippen molar-refractivity contribution < 1.29 is 53.1 Å². The van der Waals surface area contributed by atoms with Crippen LogP contribution < -0.4 is 20.8 Å². The van der Waals surface area contributed by atoms with Crippen molar-refractivity contribution in [2.75, 3.05) is 38.7 Å². The van der Waals surface area contributed by atoms with E-state index in [-0.39, 0.29) is 83.9 Å². The number of aliphatic hydroxyl groups excluding tert-OH is 1. The number of benzene rings is 4. The van der Waals surface area contributed by atoms with E-state index in [2.05, 4.69) is 10.6 Å². The molecule has 5 atom stereocenters. The summed E-state index contributed by atoms with van der Waals surface area (Å²) in [6, 6.07) is 19.5. The van der Waals surface area contributed by atoms with E-state index in [4.69, 9.17) is 18.6 Å². The molecule has 0 aromatic heterocycles. The largest absolute Gasteiger partial charge is 0.508 e. The molecule has 7 rings (SSSR count). The molecule has 0 bridgehead atoms. The summed E-state index contributed by atoms with van der Waals surface area (Å²) < 4.78 is 22.8. The predicted octanol–water partition coefficient (Wildman–Crippen LogP) is 5.59. The highest BCUT2D eigenvalue weighted by Gasteiger charge is 2.54. The lowest BCUT2D eigenvalue weighted by molar-refractivity contribution is -0.147. The Balaban J connectivity index is 1.04. The number of carbonyl (C=O) groups is 4. The van der Waals surface area contributed by atoms with E-state index in [1.165, 1.54) is 49.6 Å².